The van der Waals surface area contributed by atoms with E-state index in [2.05, 4.69) is 15.3 Å². The number of aromatic nitrogens is 2. The molecular weight excluding hydrogens is 300 g/mol. The number of hydrogen-bond donors (Lipinski definition) is 1. The number of rotatable bonds is 2. The Morgan fingerprint density at radius 1 is 1.10 bits per heavy atom. The Morgan fingerprint density at radius 3 is 2.75 bits per heavy atom. The predicted molar refractivity (Wildman–Crippen MR) is 78.4 cm³/mol. The maximum Gasteiger partial charge on any atom is 0.228 e. The van der Waals surface area contributed by atoms with Gasteiger partial charge in [0.2, 0.25) is 5.95 Å². The first-order valence-electron chi connectivity index (χ1n) is 6.41. The molecule has 1 aliphatic rings. The Bertz CT molecular complexity index is 661. The minimum absolute atomic E-state index is 0.240. The molecule has 0 unspecified atom stereocenters. The first-order chi connectivity index (χ1) is 9.63. The van der Waals surface area contributed by atoms with Crippen LogP contribution in [0, 0.1) is 5.82 Å². The summed E-state index contributed by atoms with van der Waals surface area (Å²) in [6, 6.07) is 4.28. The van der Waals surface area contributed by atoms with Gasteiger partial charge in [-0.2, -0.15) is 0 Å². The van der Waals surface area contributed by atoms with E-state index < -0.39 is 5.82 Å². The lowest BCUT2D eigenvalue weighted by atomic mass is 9.97. The van der Waals surface area contributed by atoms with Crippen molar-refractivity contribution in [2.45, 2.75) is 25.7 Å². The molecule has 0 atom stereocenters. The summed E-state index contributed by atoms with van der Waals surface area (Å²) in [5.41, 5.74) is 2.19. The van der Waals surface area contributed by atoms with Gasteiger partial charge in [0.25, 0.3) is 0 Å². The number of nitrogens with zero attached hydrogens (tertiary/aromatic N) is 2. The minimum atomic E-state index is -0.410. The van der Waals surface area contributed by atoms with Gasteiger partial charge in [0.1, 0.15) is 11.0 Å². The highest BCUT2D eigenvalue weighted by Gasteiger charge is 2.17. The van der Waals surface area contributed by atoms with Crippen LogP contribution in [0.4, 0.5) is 16.0 Å². The molecular formula is C14H12Cl2FN3. The van der Waals surface area contributed by atoms with Gasteiger partial charge in [-0.3, -0.25) is 0 Å². The number of aryl methyl sites for hydroxylation is 1. The van der Waals surface area contributed by atoms with E-state index in [1.165, 1.54) is 18.2 Å². The second-order valence-electron chi connectivity index (χ2n) is 4.72. The van der Waals surface area contributed by atoms with Gasteiger partial charge in [0, 0.05) is 10.6 Å². The molecule has 2 aromatic rings. The van der Waals surface area contributed by atoms with Crippen LogP contribution in [-0.2, 0) is 12.8 Å². The summed E-state index contributed by atoms with van der Waals surface area (Å²) >= 11 is 12.0. The summed E-state index contributed by atoms with van der Waals surface area (Å²) in [7, 11) is 0. The Hall–Kier alpha value is -1.39. The predicted octanol–water partition coefficient (Wildman–Crippen LogP) is 4.54. The van der Waals surface area contributed by atoms with E-state index >= 15 is 0 Å². The Labute approximate surface area is 126 Å². The molecule has 104 valence electrons. The van der Waals surface area contributed by atoms with Gasteiger partial charge in [0.05, 0.1) is 11.4 Å². The molecule has 1 heterocycles. The highest BCUT2D eigenvalue weighted by molar-refractivity contribution is 6.31. The molecule has 0 aliphatic heterocycles. The Kier molecular flexibility index (Phi) is 3.76. The van der Waals surface area contributed by atoms with Crippen molar-refractivity contribution in [1.29, 1.82) is 0 Å². The first-order valence-corrected chi connectivity index (χ1v) is 7.16. The monoisotopic (exact) mass is 311 g/mol. The van der Waals surface area contributed by atoms with E-state index in [1.807, 2.05) is 0 Å². The third kappa shape index (κ3) is 2.72. The molecule has 0 saturated heterocycles. The topological polar surface area (TPSA) is 37.8 Å². The zero-order valence-electron chi connectivity index (χ0n) is 10.6. The van der Waals surface area contributed by atoms with Crippen molar-refractivity contribution in [3.05, 3.63) is 45.4 Å². The molecule has 1 aliphatic carbocycles. The maximum absolute atomic E-state index is 13.7. The van der Waals surface area contributed by atoms with E-state index in [9.17, 15) is 4.39 Å². The van der Waals surface area contributed by atoms with Crippen molar-refractivity contribution < 1.29 is 4.39 Å². The summed E-state index contributed by atoms with van der Waals surface area (Å²) in [6.45, 7) is 0. The van der Waals surface area contributed by atoms with Crippen LogP contribution < -0.4 is 5.32 Å². The van der Waals surface area contributed by atoms with Crippen molar-refractivity contribution >= 4 is 34.8 Å². The average molecular weight is 312 g/mol. The van der Waals surface area contributed by atoms with E-state index in [4.69, 9.17) is 23.2 Å². The molecule has 0 amide bonds. The van der Waals surface area contributed by atoms with Gasteiger partial charge in [0.15, 0.2) is 0 Å². The lowest BCUT2D eigenvalue weighted by molar-refractivity contribution is 0.631. The van der Waals surface area contributed by atoms with Crippen LogP contribution in [-0.4, -0.2) is 9.97 Å². The van der Waals surface area contributed by atoms with Crippen molar-refractivity contribution in [2.75, 3.05) is 5.32 Å². The number of halogens is 3. The second kappa shape index (κ2) is 5.54. The zero-order valence-corrected chi connectivity index (χ0v) is 12.1. The Morgan fingerprint density at radius 2 is 1.90 bits per heavy atom. The van der Waals surface area contributed by atoms with Crippen molar-refractivity contribution in [3.63, 3.8) is 0 Å². The van der Waals surface area contributed by atoms with Crippen LogP contribution in [0.2, 0.25) is 10.2 Å². The zero-order chi connectivity index (χ0) is 14.1. The molecule has 20 heavy (non-hydrogen) atoms. The smallest absolute Gasteiger partial charge is 0.228 e. The van der Waals surface area contributed by atoms with Crippen LogP contribution >= 0.6 is 23.2 Å². The van der Waals surface area contributed by atoms with Gasteiger partial charge in [-0.1, -0.05) is 23.2 Å². The molecule has 0 saturated carbocycles. The van der Waals surface area contributed by atoms with Gasteiger partial charge in [-0.25, -0.2) is 14.4 Å². The summed E-state index contributed by atoms with van der Waals surface area (Å²) in [6.07, 6.45) is 3.97. The third-order valence-corrected chi connectivity index (χ3v) is 3.86. The van der Waals surface area contributed by atoms with E-state index in [0.29, 0.717) is 16.1 Å². The molecule has 0 spiro atoms. The van der Waals surface area contributed by atoms with Gasteiger partial charge in [-0.05, 0) is 43.9 Å². The molecule has 0 radical (unpaired) electrons. The SMILES string of the molecule is Fc1ccc(Cl)cc1Nc1nc(Cl)c2c(n1)CCCC2. The first kappa shape index (κ1) is 13.6. The summed E-state index contributed by atoms with van der Waals surface area (Å²) < 4.78 is 13.7. The van der Waals surface area contributed by atoms with Crippen molar-refractivity contribution in [1.82, 2.24) is 9.97 Å². The van der Waals surface area contributed by atoms with Crippen molar-refractivity contribution in [2.24, 2.45) is 0 Å². The fourth-order valence-electron chi connectivity index (χ4n) is 2.32. The highest BCUT2D eigenvalue weighted by Crippen LogP contribution is 2.28. The lowest BCUT2D eigenvalue weighted by Crippen LogP contribution is -2.10. The van der Waals surface area contributed by atoms with Gasteiger partial charge >= 0.3 is 0 Å². The van der Waals surface area contributed by atoms with Crippen LogP contribution in [0.25, 0.3) is 0 Å². The second-order valence-corrected chi connectivity index (χ2v) is 5.51. The van der Waals surface area contributed by atoms with E-state index in [-0.39, 0.29) is 5.69 Å². The van der Waals surface area contributed by atoms with E-state index in [0.717, 1.165) is 36.9 Å². The standard InChI is InChI=1S/C14H12Cl2FN3/c15-8-5-6-10(17)12(7-8)19-14-18-11-4-2-1-3-9(11)13(16)20-14/h5-7H,1-4H2,(H,18,19,20). The third-order valence-electron chi connectivity index (χ3n) is 3.31. The fourth-order valence-corrected chi connectivity index (χ4v) is 2.77. The van der Waals surface area contributed by atoms with Gasteiger partial charge in [-0.15, -0.1) is 0 Å². The molecule has 1 N–H and O–H groups in total. The highest BCUT2D eigenvalue weighted by atomic mass is 35.5. The number of hydrogen-bond acceptors (Lipinski definition) is 3. The van der Waals surface area contributed by atoms with Crippen LogP contribution in [0.5, 0.6) is 0 Å². The number of fused-ring (bicyclic) bond motifs is 1. The molecule has 0 fully saturated rings. The Balaban J connectivity index is 1.95. The minimum Gasteiger partial charge on any atom is -0.322 e. The molecule has 6 heteroatoms. The van der Waals surface area contributed by atoms with Crippen LogP contribution in [0.3, 0.4) is 0 Å². The number of nitrogens with one attached hydrogen (secondary N) is 1. The van der Waals surface area contributed by atoms with Crippen LogP contribution in [0.15, 0.2) is 18.2 Å². The van der Waals surface area contributed by atoms with Gasteiger partial charge < -0.3 is 5.32 Å². The molecule has 1 aromatic heterocycles. The molecule has 0 bridgehead atoms. The summed E-state index contributed by atoms with van der Waals surface area (Å²) in [5.74, 6) is -0.108. The summed E-state index contributed by atoms with van der Waals surface area (Å²) in [4.78, 5) is 8.61. The van der Waals surface area contributed by atoms with E-state index in [1.54, 1.807) is 0 Å². The molecule has 3 nitrogen and oxygen atoms in total. The number of benzene rings is 1. The van der Waals surface area contributed by atoms with Crippen LogP contribution in [0.1, 0.15) is 24.1 Å². The molecule has 1 aromatic carbocycles. The quantitative estimate of drug-likeness (QED) is 0.827. The maximum atomic E-state index is 13.7. The van der Waals surface area contributed by atoms with Crippen molar-refractivity contribution in [3.8, 4) is 0 Å². The fraction of sp³-hybridized carbons (Fsp3) is 0.286. The number of anilines is 2. The average Bonchev–Trinajstić information content (AvgIpc) is 2.43. The summed E-state index contributed by atoms with van der Waals surface area (Å²) in [5, 5.41) is 3.72. The largest absolute Gasteiger partial charge is 0.322 e. The molecule has 3 rings (SSSR count). The normalized spacial score (nSPS) is 13.9. The lowest BCUT2D eigenvalue weighted by Gasteiger charge is -2.17.